The van der Waals surface area contributed by atoms with Crippen molar-refractivity contribution in [3.63, 3.8) is 0 Å². The number of rotatable bonds is 5. The zero-order chi connectivity index (χ0) is 24.5. The van der Waals surface area contributed by atoms with Gasteiger partial charge in [0, 0.05) is 12.6 Å². The molecule has 0 N–H and O–H groups in total. The first kappa shape index (κ1) is 22.3. The van der Waals surface area contributed by atoms with Crippen LogP contribution in [0.15, 0.2) is 115 Å². The predicted octanol–water partition coefficient (Wildman–Crippen LogP) is 7.63. The van der Waals surface area contributed by atoms with Gasteiger partial charge in [-0.05, 0) is 58.4 Å². The highest BCUT2D eigenvalue weighted by molar-refractivity contribution is 6.12. The molecule has 5 aromatic rings. The number of hydrogen-bond donors (Lipinski definition) is 0. The molecule has 0 saturated heterocycles. The first-order valence-corrected chi connectivity index (χ1v) is 12.7. The standard InChI is InChI=1S/C34H29NO/c1-24-15-17-25(18-16-24)23-35(30-21-28-12-5-6-13-29(28)22-30)34(36)33-31-14-8-7-11-27(31)19-20-32(33)26-9-3-2-4-10-26/h2-20,30H,21-23H2,1H3. The molecule has 6 rings (SSSR count). The van der Waals surface area contributed by atoms with Crippen LogP contribution in [0.2, 0.25) is 0 Å². The highest BCUT2D eigenvalue weighted by Gasteiger charge is 2.32. The van der Waals surface area contributed by atoms with Crippen molar-refractivity contribution in [2.24, 2.45) is 0 Å². The average Bonchev–Trinajstić information content (AvgIpc) is 3.36. The summed E-state index contributed by atoms with van der Waals surface area (Å²) >= 11 is 0. The highest BCUT2D eigenvalue weighted by Crippen LogP contribution is 2.34. The lowest BCUT2D eigenvalue weighted by atomic mass is 9.92. The Bertz CT molecular complexity index is 1510. The van der Waals surface area contributed by atoms with Crippen LogP contribution in [0.25, 0.3) is 21.9 Å². The van der Waals surface area contributed by atoms with Gasteiger partial charge in [0.15, 0.2) is 0 Å². The molecule has 1 aliphatic carbocycles. The van der Waals surface area contributed by atoms with Crippen molar-refractivity contribution in [3.8, 4) is 11.1 Å². The van der Waals surface area contributed by atoms with Crippen LogP contribution in [0.1, 0.15) is 32.6 Å². The lowest BCUT2D eigenvalue weighted by molar-refractivity contribution is 0.0670. The first-order valence-electron chi connectivity index (χ1n) is 12.7. The molecular formula is C34H29NO. The van der Waals surface area contributed by atoms with E-state index in [1.165, 1.54) is 16.7 Å². The third-order valence-electron chi connectivity index (χ3n) is 7.43. The third-order valence-corrected chi connectivity index (χ3v) is 7.43. The fourth-order valence-electron chi connectivity index (χ4n) is 5.52. The lowest BCUT2D eigenvalue weighted by Crippen LogP contribution is -2.40. The number of fused-ring (bicyclic) bond motifs is 2. The van der Waals surface area contributed by atoms with E-state index in [-0.39, 0.29) is 11.9 Å². The van der Waals surface area contributed by atoms with Crippen molar-refractivity contribution in [2.75, 3.05) is 0 Å². The summed E-state index contributed by atoms with van der Waals surface area (Å²) in [5, 5.41) is 2.10. The number of hydrogen-bond acceptors (Lipinski definition) is 1. The zero-order valence-electron chi connectivity index (χ0n) is 20.5. The molecule has 0 aromatic heterocycles. The predicted molar refractivity (Wildman–Crippen MR) is 148 cm³/mol. The first-order chi connectivity index (χ1) is 17.7. The van der Waals surface area contributed by atoms with Gasteiger partial charge in [0.05, 0.1) is 5.56 Å². The third kappa shape index (κ3) is 4.20. The van der Waals surface area contributed by atoms with Crippen molar-refractivity contribution in [1.29, 1.82) is 0 Å². The maximum Gasteiger partial charge on any atom is 0.255 e. The molecular weight excluding hydrogens is 438 g/mol. The Kier molecular flexibility index (Phi) is 5.87. The van der Waals surface area contributed by atoms with Crippen LogP contribution in [0.4, 0.5) is 0 Å². The van der Waals surface area contributed by atoms with Gasteiger partial charge in [-0.1, -0.05) is 121 Å². The summed E-state index contributed by atoms with van der Waals surface area (Å²) in [7, 11) is 0. The largest absolute Gasteiger partial charge is 0.331 e. The van der Waals surface area contributed by atoms with E-state index in [0.717, 1.165) is 45.9 Å². The van der Waals surface area contributed by atoms with Gasteiger partial charge >= 0.3 is 0 Å². The van der Waals surface area contributed by atoms with Gasteiger partial charge in [-0.25, -0.2) is 0 Å². The molecule has 0 bridgehead atoms. The number of nitrogens with zero attached hydrogens (tertiary/aromatic N) is 1. The van der Waals surface area contributed by atoms with Gasteiger partial charge in [-0.2, -0.15) is 0 Å². The number of carbonyl (C=O) groups excluding carboxylic acids is 1. The molecule has 36 heavy (non-hydrogen) atoms. The molecule has 0 fully saturated rings. The molecule has 2 nitrogen and oxygen atoms in total. The fraction of sp³-hybridized carbons (Fsp3) is 0.147. The van der Waals surface area contributed by atoms with Crippen LogP contribution in [0.5, 0.6) is 0 Å². The van der Waals surface area contributed by atoms with Crippen LogP contribution in [0.3, 0.4) is 0 Å². The molecule has 5 aromatic carbocycles. The number of carbonyl (C=O) groups is 1. The molecule has 0 atom stereocenters. The van der Waals surface area contributed by atoms with Crippen molar-refractivity contribution >= 4 is 16.7 Å². The minimum atomic E-state index is 0.101. The van der Waals surface area contributed by atoms with Crippen LogP contribution in [0, 0.1) is 6.92 Å². The Morgan fingerprint density at radius 3 is 2.08 bits per heavy atom. The molecule has 0 spiro atoms. The molecule has 2 heteroatoms. The smallest absolute Gasteiger partial charge is 0.255 e. The quantitative estimate of drug-likeness (QED) is 0.260. The second kappa shape index (κ2) is 9.47. The molecule has 1 amide bonds. The Morgan fingerprint density at radius 1 is 0.722 bits per heavy atom. The van der Waals surface area contributed by atoms with Crippen LogP contribution in [-0.4, -0.2) is 16.8 Å². The van der Waals surface area contributed by atoms with E-state index in [1.807, 2.05) is 30.3 Å². The van der Waals surface area contributed by atoms with Gasteiger partial charge < -0.3 is 4.90 Å². The molecule has 176 valence electrons. The Morgan fingerprint density at radius 2 is 1.36 bits per heavy atom. The van der Waals surface area contributed by atoms with Crippen molar-refractivity contribution in [1.82, 2.24) is 4.90 Å². The van der Waals surface area contributed by atoms with E-state index < -0.39 is 0 Å². The SMILES string of the molecule is Cc1ccc(CN(C(=O)c2c(-c3ccccc3)ccc3ccccc23)C2Cc3ccccc3C2)cc1. The van der Waals surface area contributed by atoms with Crippen LogP contribution < -0.4 is 0 Å². The maximum atomic E-state index is 14.7. The fourth-order valence-corrected chi connectivity index (χ4v) is 5.52. The van der Waals surface area contributed by atoms with Crippen molar-refractivity contribution in [3.05, 3.63) is 143 Å². The molecule has 0 unspecified atom stereocenters. The molecule has 0 heterocycles. The van der Waals surface area contributed by atoms with E-state index in [4.69, 9.17) is 0 Å². The van der Waals surface area contributed by atoms with Crippen molar-refractivity contribution < 1.29 is 4.79 Å². The summed E-state index contributed by atoms with van der Waals surface area (Å²) in [5.41, 5.74) is 7.94. The van der Waals surface area contributed by atoms with Gasteiger partial charge in [-0.3, -0.25) is 4.79 Å². The summed E-state index contributed by atoms with van der Waals surface area (Å²) in [4.78, 5) is 16.8. The second-order valence-corrected chi connectivity index (χ2v) is 9.82. The van der Waals surface area contributed by atoms with E-state index in [9.17, 15) is 4.79 Å². The van der Waals surface area contributed by atoms with Gasteiger partial charge in [0.25, 0.3) is 5.91 Å². The number of benzene rings is 5. The summed E-state index contributed by atoms with van der Waals surface area (Å²) in [5.74, 6) is 0.101. The Labute approximate surface area is 212 Å². The topological polar surface area (TPSA) is 20.3 Å². The molecule has 0 saturated carbocycles. The van der Waals surface area contributed by atoms with Crippen LogP contribution in [-0.2, 0) is 19.4 Å². The Hall–Kier alpha value is -4.17. The monoisotopic (exact) mass is 467 g/mol. The molecule has 1 aliphatic rings. The molecule has 0 radical (unpaired) electrons. The normalized spacial score (nSPS) is 13.0. The Balaban J connectivity index is 1.49. The zero-order valence-corrected chi connectivity index (χ0v) is 20.5. The summed E-state index contributed by atoms with van der Waals surface area (Å²) in [6, 6.07) is 40.1. The lowest BCUT2D eigenvalue weighted by Gasteiger charge is -2.31. The highest BCUT2D eigenvalue weighted by atomic mass is 16.2. The second-order valence-electron chi connectivity index (χ2n) is 9.82. The van der Waals surface area contributed by atoms with Crippen molar-refractivity contribution in [2.45, 2.75) is 32.4 Å². The summed E-state index contributed by atoms with van der Waals surface area (Å²) < 4.78 is 0. The van der Waals surface area contributed by atoms with E-state index >= 15 is 0 Å². The minimum absolute atomic E-state index is 0.101. The summed E-state index contributed by atoms with van der Waals surface area (Å²) in [6.07, 6.45) is 1.78. The van der Waals surface area contributed by atoms with E-state index in [2.05, 4.69) is 96.8 Å². The molecule has 0 aliphatic heterocycles. The van der Waals surface area contributed by atoms with Crippen LogP contribution >= 0.6 is 0 Å². The van der Waals surface area contributed by atoms with Gasteiger partial charge in [0.2, 0.25) is 0 Å². The summed E-state index contributed by atoms with van der Waals surface area (Å²) in [6.45, 7) is 2.69. The number of aryl methyl sites for hydroxylation is 1. The minimum Gasteiger partial charge on any atom is -0.331 e. The number of amides is 1. The average molecular weight is 468 g/mol. The van der Waals surface area contributed by atoms with E-state index in [0.29, 0.717) is 6.54 Å². The van der Waals surface area contributed by atoms with Gasteiger partial charge in [-0.15, -0.1) is 0 Å². The maximum absolute atomic E-state index is 14.7. The van der Waals surface area contributed by atoms with E-state index in [1.54, 1.807) is 0 Å². The van der Waals surface area contributed by atoms with Gasteiger partial charge in [0.1, 0.15) is 0 Å².